The van der Waals surface area contributed by atoms with Gasteiger partial charge in [0.25, 0.3) is 10.1 Å². The molecule has 0 fully saturated rings. The van der Waals surface area contributed by atoms with Gasteiger partial charge in [0.15, 0.2) is 0 Å². The largest absolute Gasteiger partial charge is 0.352 e. The molecule has 0 aromatic heterocycles. The van der Waals surface area contributed by atoms with Crippen LogP contribution in [0.4, 0.5) is 0 Å². The number of carbonyl (C=O) groups excluding carboxylic acids is 1. The highest BCUT2D eigenvalue weighted by Crippen LogP contribution is 2.08. The van der Waals surface area contributed by atoms with Crippen molar-refractivity contribution in [3.63, 3.8) is 0 Å². The van der Waals surface area contributed by atoms with E-state index >= 15 is 0 Å². The molecule has 0 aliphatic heterocycles. The molecular weight excluding hydrogens is 316 g/mol. The molecule has 0 aliphatic carbocycles. The van der Waals surface area contributed by atoms with Gasteiger partial charge in [-0.15, -0.1) is 0 Å². The lowest BCUT2D eigenvalue weighted by molar-refractivity contribution is -0.890. The monoisotopic (exact) mass is 349 g/mol. The molecule has 6 nitrogen and oxygen atoms in total. The van der Waals surface area contributed by atoms with Gasteiger partial charge in [-0.05, 0) is 26.2 Å². The molecule has 0 unspecified atom stereocenters. The van der Waals surface area contributed by atoms with Gasteiger partial charge < -0.3 is 9.80 Å². The molecule has 0 aliphatic rings. The second-order valence-corrected chi connectivity index (χ2v) is 8.40. The van der Waals surface area contributed by atoms with E-state index in [0.717, 1.165) is 49.7 Å². The summed E-state index contributed by atoms with van der Waals surface area (Å²) in [5.41, 5.74) is 0.541. The minimum absolute atomic E-state index is 0.0751. The predicted molar refractivity (Wildman–Crippen MR) is 93.8 cm³/mol. The molecule has 0 rings (SSSR count). The molecule has 23 heavy (non-hydrogen) atoms. The molecule has 0 aromatic carbocycles. The van der Waals surface area contributed by atoms with Gasteiger partial charge in [-0.1, -0.05) is 19.4 Å². The van der Waals surface area contributed by atoms with Crippen molar-refractivity contribution in [2.24, 2.45) is 0 Å². The normalized spacial score (nSPS) is 12.2. The van der Waals surface area contributed by atoms with Crippen LogP contribution in [-0.2, 0) is 14.9 Å². The number of amides is 1. The molecule has 0 bridgehead atoms. The Morgan fingerprint density at radius 2 is 1.57 bits per heavy atom. The average Bonchev–Trinajstić information content (AvgIpc) is 2.39. The molecule has 0 spiro atoms. The molecular formula is C16H33N2O4S+. The molecule has 1 amide bonds. The minimum Gasteiger partial charge on any atom is -0.352 e. The van der Waals surface area contributed by atoms with Crippen LogP contribution in [0.5, 0.6) is 0 Å². The maximum absolute atomic E-state index is 11.3. The first-order valence-electron chi connectivity index (χ1n) is 8.24. The van der Waals surface area contributed by atoms with E-state index in [4.69, 9.17) is 4.55 Å². The Hall–Kier alpha value is -0.920. The average molecular weight is 350 g/mol. The summed E-state index contributed by atoms with van der Waals surface area (Å²) in [6, 6.07) is 0. The van der Waals surface area contributed by atoms with Gasteiger partial charge in [0, 0.05) is 18.5 Å². The molecule has 0 saturated heterocycles. The van der Waals surface area contributed by atoms with Crippen molar-refractivity contribution >= 4 is 16.0 Å². The maximum Gasteiger partial charge on any atom is 0.265 e. The molecule has 2 N–H and O–H groups in total. The Balaban J connectivity index is 3.59. The van der Waals surface area contributed by atoms with Gasteiger partial charge in [-0.2, -0.15) is 8.42 Å². The molecule has 0 heterocycles. The Bertz CT molecular complexity index is 472. The third-order valence-corrected chi connectivity index (χ3v) is 4.58. The lowest BCUT2D eigenvalue weighted by atomic mass is 10.1. The fourth-order valence-corrected chi connectivity index (χ4v) is 2.83. The summed E-state index contributed by atoms with van der Waals surface area (Å²) in [7, 11) is 0.319. The van der Waals surface area contributed by atoms with Crippen LogP contribution in [0.15, 0.2) is 12.2 Å². The van der Waals surface area contributed by atoms with Gasteiger partial charge in [-0.3, -0.25) is 9.35 Å². The predicted octanol–water partition coefficient (Wildman–Crippen LogP) is 1.98. The number of hydrogen-bond donors (Lipinski definition) is 2. The zero-order valence-electron chi connectivity index (χ0n) is 14.8. The highest BCUT2D eigenvalue weighted by molar-refractivity contribution is 7.85. The van der Waals surface area contributed by atoms with Crippen LogP contribution in [-0.4, -0.2) is 62.8 Å². The topological polar surface area (TPSA) is 83.5 Å². The van der Waals surface area contributed by atoms with Crippen LogP contribution >= 0.6 is 0 Å². The third kappa shape index (κ3) is 14.4. The highest BCUT2D eigenvalue weighted by Gasteiger charge is 2.16. The van der Waals surface area contributed by atoms with Crippen molar-refractivity contribution in [1.82, 2.24) is 5.32 Å². The number of unbranched alkanes of at least 4 members (excludes halogenated alkanes) is 4. The quantitative estimate of drug-likeness (QED) is 0.230. The standard InChI is InChI=1S/C16H32N2O4S/c1-15(2)16(19)17-11-8-6-5-7-9-12-18(3,4)13-10-14-23(20,21)22/h1,5-14H2,2-4H3,(H-,17,19,20,21,22)/p+1. The fraction of sp³-hybridized carbons (Fsp3) is 0.812. The third-order valence-electron chi connectivity index (χ3n) is 3.78. The number of nitrogens with one attached hydrogen (secondary N) is 1. The van der Waals surface area contributed by atoms with E-state index < -0.39 is 10.1 Å². The number of quaternary nitrogens is 1. The van der Waals surface area contributed by atoms with E-state index in [1.54, 1.807) is 6.92 Å². The molecule has 0 saturated carbocycles. The zero-order chi connectivity index (χ0) is 17.9. The SMILES string of the molecule is C=C(C)C(=O)NCCCCCCC[N+](C)(C)CCCS(=O)(=O)O. The Kier molecular flexibility index (Phi) is 10.3. The Morgan fingerprint density at radius 1 is 1.04 bits per heavy atom. The van der Waals surface area contributed by atoms with E-state index in [0.29, 0.717) is 18.5 Å². The van der Waals surface area contributed by atoms with E-state index in [1.165, 1.54) is 0 Å². The number of nitrogens with zero attached hydrogens (tertiary/aromatic N) is 1. The van der Waals surface area contributed by atoms with Crippen LogP contribution in [0, 0.1) is 0 Å². The van der Waals surface area contributed by atoms with Gasteiger partial charge in [0.05, 0.1) is 32.9 Å². The number of hydrogen-bond acceptors (Lipinski definition) is 3. The van der Waals surface area contributed by atoms with Crippen molar-refractivity contribution in [2.75, 3.05) is 39.5 Å². The van der Waals surface area contributed by atoms with Crippen LogP contribution < -0.4 is 5.32 Å². The number of carbonyl (C=O) groups is 1. The van der Waals surface area contributed by atoms with Crippen molar-refractivity contribution in [3.8, 4) is 0 Å². The molecule has 0 atom stereocenters. The zero-order valence-corrected chi connectivity index (χ0v) is 15.6. The van der Waals surface area contributed by atoms with Crippen molar-refractivity contribution in [1.29, 1.82) is 0 Å². The highest BCUT2D eigenvalue weighted by atomic mass is 32.2. The van der Waals surface area contributed by atoms with E-state index in [2.05, 4.69) is 26.0 Å². The van der Waals surface area contributed by atoms with Crippen molar-refractivity contribution in [3.05, 3.63) is 12.2 Å². The van der Waals surface area contributed by atoms with E-state index in [1.807, 2.05) is 0 Å². The maximum atomic E-state index is 11.3. The second-order valence-electron chi connectivity index (χ2n) is 6.83. The van der Waals surface area contributed by atoms with Crippen LogP contribution in [0.25, 0.3) is 0 Å². The lowest BCUT2D eigenvalue weighted by Gasteiger charge is -2.29. The van der Waals surface area contributed by atoms with Crippen LogP contribution in [0.2, 0.25) is 0 Å². The lowest BCUT2D eigenvalue weighted by Crippen LogP contribution is -2.41. The first-order valence-corrected chi connectivity index (χ1v) is 9.85. The summed E-state index contributed by atoms with van der Waals surface area (Å²) < 4.78 is 30.9. The summed E-state index contributed by atoms with van der Waals surface area (Å²) in [5.74, 6) is -0.237. The van der Waals surface area contributed by atoms with Gasteiger partial charge in [0.2, 0.25) is 5.91 Å². The second kappa shape index (κ2) is 10.8. The first-order chi connectivity index (χ1) is 10.5. The van der Waals surface area contributed by atoms with Gasteiger partial charge >= 0.3 is 0 Å². The molecule has 136 valence electrons. The molecule has 0 radical (unpaired) electrons. The van der Waals surface area contributed by atoms with E-state index in [-0.39, 0.29) is 11.7 Å². The summed E-state index contributed by atoms with van der Waals surface area (Å²) in [6.45, 7) is 7.73. The van der Waals surface area contributed by atoms with Crippen LogP contribution in [0.1, 0.15) is 45.4 Å². The molecule has 0 aromatic rings. The Morgan fingerprint density at radius 3 is 2.13 bits per heavy atom. The fourth-order valence-electron chi connectivity index (χ4n) is 2.33. The van der Waals surface area contributed by atoms with Crippen molar-refractivity contribution < 1.29 is 22.2 Å². The Labute approximate surface area is 141 Å². The smallest absolute Gasteiger partial charge is 0.265 e. The molecule has 7 heteroatoms. The first kappa shape index (κ1) is 22.1. The summed E-state index contributed by atoms with van der Waals surface area (Å²) in [6.07, 6.45) is 5.91. The van der Waals surface area contributed by atoms with Gasteiger partial charge in [-0.25, -0.2) is 0 Å². The summed E-state index contributed by atoms with van der Waals surface area (Å²) in [4.78, 5) is 11.3. The van der Waals surface area contributed by atoms with E-state index in [9.17, 15) is 13.2 Å². The minimum atomic E-state index is -3.84. The van der Waals surface area contributed by atoms with Crippen LogP contribution in [0.3, 0.4) is 0 Å². The number of rotatable bonds is 13. The van der Waals surface area contributed by atoms with Gasteiger partial charge in [0.1, 0.15) is 0 Å². The van der Waals surface area contributed by atoms with Crippen molar-refractivity contribution in [2.45, 2.75) is 45.4 Å². The summed E-state index contributed by atoms with van der Waals surface area (Å²) in [5, 5.41) is 2.82. The summed E-state index contributed by atoms with van der Waals surface area (Å²) >= 11 is 0.